The molecule has 0 aromatic carbocycles. The average Bonchev–Trinajstić information content (AvgIpc) is 2.94. The topological polar surface area (TPSA) is 42.0 Å². The van der Waals surface area contributed by atoms with E-state index in [2.05, 4.69) is 16.7 Å². The molecule has 2 fully saturated rings. The summed E-state index contributed by atoms with van der Waals surface area (Å²) >= 11 is 0. The summed E-state index contributed by atoms with van der Waals surface area (Å²) < 4.78 is 10.0. The molecule has 122 valence electrons. The van der Waals surface area contributed by atoms with E-state index >= 15 is 0 Å². The van der Waals surface area contributed by atoms with E-state index in [1.807, 2.05) is 0 Å². The fourth-order valence-corrected chi connectivity index (χ4v) is 3.76. The zero-order valence-corrected chi connectivity index (χ0v) is 13.7. The van der Waals surface area contributed by atoms with Gasteiger partial charge in [-0.05, 0) is 32.1 Å². The number of hydrogen-bond donors (Lipinski definition) is 0. The Kier molecular flexibility index (Phi) is 6.45. The van der Waals surface area contributed by atoms with E-state index in [4.69, 9.17) is 9.47 Å². The summed E-state index contributed by atoms with van der Waals surface area (Å²) in [6.07, 6.45) is 3.17. The molecule has 5 nitrogen and oxygen atoms in total. The molecule has 1 heterocycles. The van der Waals surface area contributed by atoms with Gasteiger partial charge in [0.15, 0.2) is 0 Å². The third kappa shape index (κ3) is 4.66. The molecule has 0 radical (unpaired) electrons. The Balaban J connectivity index is 1.72. The van der Waals surface area contributed by atoms with E-state index in [1.54, 1.807) is 7.11 Å². The molecule has 1 unspecified atom stereocenters. The molecule has 0 amide bonds. The van der Waals surface area contributed by atoms with Crippen LogP contribution in [0.4, 0.5) is 0 Å². The standard InChI is InChI=1S/C16H30N2O3/c1-13-11-17(6-7-18(13)8-9-20-2)12-14-4-5-15(10-14)16(19)21-3/h13-15H,4-12H2,1-3H3/t13?,14-,15+/m1/s1. The second-order valence-corrected chi connectivity index (χ2v) is 6.54. The number of ether oxygens (including phenoxy) is 2. The predicted molar refractivity (Wildman–Crippen MR) is 82.2 cm³/mol. The van der Waals surface area contributed by atoms with Gasteiger partial charge in [-0.1, -0.05) is 0 Å². The largest absolute Gasteiger partial charge is 0.469 e. The number of piperazine rings is 1. The van der Waals surface area contributed by atoms with Crippen LogP contribution in [0, 0.1) is 11.8 Å². The van der Waals surface area contributed by atoms with Gasteiger partial charge in [0, 0.05) is 45.9 Å². The highest BCUT2D eigenvalue weighted by Crippen LogP contribution is 2.32. The van der Waals surface area contributed by atoms with Crippen LogP contribution in [0.1, 0.15) is 26.2 Å². The lowest BCUT2D eigenvalue weighted by Crippen LogP contribution is -2.53. The first-order valence-electron chi connectivity index (χ1n) is 8.17. The quantitative estimate of drug-likeness (QED) is 0.690. The van der Waals surface area contributed by atoms with Crippen LogP contribution in [0.25, 0.3) is 0 Å². The minimum atomic E-state index is -0.0183. The molecule has 1 aliphatic heterocycles. The summed E-state index contributed by atoms with van der Waals surface area (Å²) in [4.78, 5) is 16.7. The van der Waals surface area contributed by atoms with Gasteiger partial charge in [-0.3, -0.25) is 9.69 Å². The number of methoxy groups -OCH3 is 2. The van der Waals surface area contributed by atoms with Crippen LogP contribution in [0.5, 0.6) is 0 Å². The summed E-state index contributed by atoms with van der Waals surface area (Å²) in [5, 5.41) is 0. The average molecular weight is 298 g/mol. The molecule has 5 heteroatoms. The maximum atomic E-state index is 11.6. The van der Waals surface area contributed by atoms with E-state index in [-0.39, 0.29) is 11.9 Å². The zero-order chi connectivity index (χ0) is 15.2. The molecule has 1 saturated carbocycles. The lowest BCUT2D eigenvalue weighted by molar-refractivity contribution is -0.145. The van der Waals surface area contributed by atoms with Crippen LogP contribution in [0.15, 0.2) is 0 Å². The van der Waals surface area contributed by atoms with Gasteiger partial charge in [0.1, 0.15) is 0 Å². The molecule has 2 rings (SSSR count). The zero-order valence-electron chi connectivity index (χ0n) is 13.7. The van der Waals surface area contributed by atoms with E-state index in [0.29, 0.717) is 12.0 Å². The second kappa shape index (κ2) is 8.11. The first-order chi connectivity index (χ1) is 10.1. The van der Waals surface area contributed by atoms with Crippen LogP contribution >= 0.6 is 0 Å². The van der Waals surface area contributed by atoms with Gasteiger partial charge in [0.25, 0.3) is 0 Å². The maximum Gasteiger partial charge on any atom is 0.308 e. The monoisotopic (exact) mass is 298 g/mol. The third-order valence-corrected chi connectivity index (χ3v) is 5.02. The minimum absolute atomic E-state index is 0.0183. The van der Waals surface area contributed by atoms with Gasteiger partial charge in [-0.25, -0.2) is 0 Å². The van der Waals surface area contributed by atoms with Gasteiger partial charge in [-0.15, -0.1) is 0 Å². The van der Waals surface area contributed by atoms with E-state index < -0.39 is 0 Å². The summed E-state index contributed by atoms with van der Waals surface area (Å²) in [5.74, 6) is 0.780. The minimum Gasteiger partial charge on any atom is -0.469 e. The molecule has 0 N–H and O–H groups in total. The van der Waals surface area contributed by atoms with Gasteiger partial charge in [0.2, 0.25) is 0 Å². The third-order valence-electron chi connectivity index (χ3n) is 5.02. The molecule has 1 saturated heterocycles. The Morgan fingerprint density at radius 2 is 2.05 bits per heavy atom. The molecule has 1 aliphatic carbocycles. The van der Waals surface area contributed by atoms with Crippen LogP contribution in [0.2, 0.25) is 0 Å². The Morgan fingerprint density at radius 3 is 2.71 bits per heavy atom. The maximum absolute atomic E-state index is 11.6. The molecule has 0 bridgehead atoms. The Bertz CT molecular complexity index is 337. The number of carbonyl (C=O) groups excluding carboxylic acids is 1. The SMILES string of the molecule is COCCN1CCN(C[C@@H]2CC[C@H](C(=O)OC)C2)CC1C. The van der Waals surface area contributed by atoms with E-state index in [9.17, 15) is 4.79 Å². The number of hydrogen-bond acceptors (Lipinski definition) is 5. The van der Waals surface area contributed by atoms with Crippen molar-refractivity contribution < 1.29 is 14.3 Å². The van der Waals surface area contributed by atoms with Crippen LogP contribution in [-0.4, -0.2) is 75.4 Å². The van der Waals surface area contributed by atoms with Crippen molar-refractivity contribution in [2.45, 2.75) is 32.2 Å². The van der Waals surface area contributed by atoms with Crippen molar-refractivity contribution in [2.24, 2.45) is 11.8 Å². The summed E-state index contributed by atoms with van der Waals surface area (Å²) in [7, 11) is 3.26. The molecule has 2 aliphatic rings. The first-order valence-corrected chi connectivity index (χ1v) is 8.17. The molecular weight excluding hydrogens is 268 g/mol. The number of rotatable bonds is 6. The first kappa shape index (κ1) is 16.7. The van der Waals surface area contributed by atoms with Crippen molar-refractivity contribution in [3.63, 3.8) is 0 Å². The van der Waals surface area contributed by atoms with Crippen LogP contribution in [0.3, 0.4) is 0 Å². The smallest absolute Gasteiger partial charge is 0.308 e. The van der Waals surface area contributed by atoms with Gasteiger partial charge >= 0.3 is 5.97 Å². The van der Waals surface area contributed by atoms with Gasteiger partial charge in [-0.2, -0.15) is 0 Å². The fourth-order valence-electron chi connectivity index (χ4n) is 3.76. The summed E-state index contributed by atoms with van der Waals surface area (Å²) in [6, 6.07) is 0.590. The highest BCUT2D eigenvalue weighted by molar-refractivity contribution is 5.72. The lowest BCUT2D eigenvalue weighted by Gasteiger charge is -2.40. The van der Waals surface area contributed by atoms with E-state index in [0.717, 1.165) is 58.6 Å². The van der Waals surface area contributed by atoms with Crippen molar-refractivity contribution >= 4 is 5.97 Å². The fraction of sp³-hybridized carbons (Fsp3) is 0.938. The predicted octanol–water partition coefficient (Wildman–Crippen LogP) is 1.23. The second-order valence-electron chi connectivity index (χ2n) is 6.54. The van der Waals surface area contributed by atoms with E-state index in [1.165, 1.54) is 7.11 Å². The Labute approximate surface area is 128 Å². The van der Waals surface area contributed by atoms with Gasteiger partial charge < -0.3 is 14.4 Å². The van der Waals surface area contributed by atoms with Crippen molar-refractivity contribution in [3.05, 3.63) is 0 Å². The molecule has 0 aromatic heterocycles. The van der Waals surface area contributed by atoms with Crippen LogP contribution < -0.4 is 0 Å². The molecule has 0 aromatic rings. The van der Waals surface area contributed by atoms with Crippen molar-refractivity contribution in [1.29, 1.82) is 0 Å². The number of esters is 1. The molecular formula is C16H30N2O3. The highest BCUT2D eigenvalue weighted by Gasteiger charge is 2.32. The van der Waals surface area contributed by atoms with Crippen molar-refractivity contribution in [1.82, 2.24) is 9.80 Å². The Hall–Kier alpha value is -0.650. The molecule has 21 heavy (non-hydrogen) atoms. The summed E-state index contributed by atoms with van der Waals surface area (Å²) in [6.45, 7) is 8.66. The normalized spacial score (nSPS) is 31.5. The highest BCUT2D eigenvalue weighted by atomic mass is 16.5. The molecule has 0 spiro atoms. The van der Waals surface area contributed by atoms with Crippen molar-refractivity contribution in [3.8, 4) is 0 Å². The van der Waals surface area contributed by atoms with Crippen LogP contribution in [-0.2, 0) is 14.3 Å². The number of nitrogens with zero attached hydrogens (tertiary/aromatic N) is 2. The summed E-state index contributed by atoms with van der Waals surface area (Å²) in [5.41, 5.74) is 0. The van der Waals surface area contributed by atoms with Gasteiger partial charge in [0.05, 0.1) is 19.6 Å². The Morgan fingerprint density at radius 1 is 1.24 bits per heavy atom. The lowest BCUT2D eigenvalue weighted by atomic mass is 10.0. The number of carbonyl (C=O) groups is 1. The molecule has 3 atom stereocenters. The van der Waals surface area contributed by atoms with Crippen molar-refractivity contribution in [2.75, 3.05) is 53.6 Å².